The van der Waals surface area contributed by atoms with E-state index < -0.39 is 48.0 Å². The van der Waals surface area contributed by atoms with Crippen LogP contribution in [0.1, 0.15) is 32.8 Å². The molecule has 9 heteroatoms. The molecule has 0 aromatic heterocycles. The smallest absolute Gasteiger partial charge is 0.408 e. The Labute approximate surface area is 162 Å². The lowest BCUT2D eigenvalue weighted by Gasteiger charge is -2.22. The zero-order chi connectivity index (χ0) is 20.9. The first kappa shape index (κ1) is 21.4. The average molecular weight is 392 g/mol. The SMILES string of the molecule is CC(C)(C)OC(=O)N[C@@H](CO)C(=O)ON1C(=O)CC(Cc2ccccc2)C1=O. The maximum absolute atomic E-state index is 12.4. The van der Waals surface area contributed by atoms with Crippen LogP contribution in [0.4, 0.5) is 4.79 Å². The summed E-state index contributed by atoms with van der Waals surface area (Å²) in [6.45, 7) is 4.11. The third kappa shape index (κ3) is 5.78. The summed E-state index contributed by atoms with van der Waals surface area (Å²) in [6.07, 6.45) is -0.701. The predicted octanol–water partition coefficient (Wildman–Crippen LogP) is 0.948. The number of nitrogens with one attached hydrogen (secondary N) is 1. The number of alkyl carbamates (subject to hydrolysis) is 1. The lowest BCUT2D eigenvalue weighted by atomic mass is 9.98. The minimum Gasteiger partial charge on any atom is -0.444 e. The first-order valence-corrected chi connectivity index (χ1v) is 8.83. The van der Waals surface area contributed by atoms with Gasteiger partial charge in [0, 0.05) is 6.42 Å². The summed E-state index contributed by atoms with van der Waals surface area (Å²) >= 11 is 0. The van der Waals surface area contributed by atoms with Crippen LogP contribution in [-0.4, -0.2) is 52.3 Å². The fourth-order valence-corrected chi connectivity index (χ4v) is 2.61. The van der Waals surface area contributed by atoms with Gasteiger partial charge in [-0.2, -0.15) is 0 Å². The van der Waals surface area contributed by atoms with Crippen molar-refractivity contribution in [2.75, 3.05) is 6.61 Å². The molecular weight excluding hydrogens is 368 g/mol. The zero-order valence-electron chi connectivity index (χ0n) is 16.0. The number of rotatable bonds is 6. The summed E-state index contributed by atoms with van der Waals surface area (Å²) in [7, 11) is 0. The number of imide groups is 1. The number of hydroxylamine groups is 2. The highest BCUT2D eigenvalue weighted by atomic mass is 16.7. The molecule has 0 bridgehead atoms. The minimum atomic E-state index is -1.48. The molecular formula is C19H24N2O7. The first-order valence-electron chi connectivity index (χ1n) is 8.83. The van der Waals surface area contributed by atoms with Gasteiger partial charge in [-0.05, 0) is 32.8 Å². The Bertz CT molecular complexity index is 742. The molecule has 0 saturated carbocycles. The van der Waals surface area contributed by atoms with Crippen LogP contribution in [0.15, 0.2) is 30.3 Å². The highest BCUT2D eigenvalue weighted by Gasteiger charge is 2.42. The number of carbonyl (C=O) groups is 4. The molecule has 1 unspecified atom stereocenters. The molecule has 0 radical (unpaired) electrons. The monoisotopic (exact) mass is 392 g/mol. The molecule has 0 spiro atoms. The van der Waals surface area contributed by atoms with Gasteiger partial charge in [0.15, 0.2) is 6.04 Å². The quantitative estimate of drug-likeness (QED) is 0.691. The summed E-state index contributed by atoms with van der Waals surface area (Å²) in [6, 6.07) is 7.67. The van der Waals surface area contributed by atoms with Crippen molar-refractivity contribution in [2.24, 2.45) is 5.92 Å². The number of ether oxygens (including phenoxy) is 1. The van der Waals surface area contributed by atoms with E-state index in [-0.39, 0.29) is 6.42 Å². The number of nitrogens with zero attached hydrogens (tertiary/aromatic N) is 1. The average Bonchev–Trinajstić information content (AvgIpc) is 2.86. The van der Waals surface area contributed by atoms with Crippen molar-refractivity contribution >= 4 is 23.9 Å². The molecule has 1 aromatic carbocycles. The van der Waals surface area contributed by atoms with Gasteiger partial charge in [0.05, 0.1) is 12.5 Å². The van der Waals surface area contributed by atoms with E-state index in [4.69, 9.17) is 9.57 Å². The Kier molecular flexibility index (Phi) is 6.74. The summed E-state index contributed by atoms with van der Waals surface area (Å²) in [4.78, 5) is 53.3. The minimum absolute atomic E-state index is 0.0930. The second-order valence-electron chi connectivity index (χ2n) is 7.41. The van der Waals surface area contributed by atoms with E-state index in [1.54, 1.807) is 20.8 Å². The zero-order valence-corrected chi connectivity index (χ0v) is 16.0. The third-order valence-electron chi connectivity index (χ3n) is 3.86. The van der Waals surface area contributed by atoms with E-state index in [1.165, 1.54) is 0 Å². The molecule has 3 amide bonds. The first-order chi connectivity index (χ1) is 13.1. The van der Waals surface area contributed by atoms with Gasteiger partial charge < -0.3 is 20.0 Å². The summed E-state index contributed by atoms with van der Waals surface area (Å²) in [5.41, 5.74) is 0.0705. The van der Waals surface area contributed by atoms with Crippen molar-refractivity contribution in [1.82, 2.24) is 10.4 Å². The van der Waals surface area contributed by atoms with E-state index in [1.807, 2.05) is 30.3 Å². The Morgan fingerprint density at radius 2 is 1.89 bits per heavy atom. The molecule has 1 aliphatic heterocycles. The number of aliphatic hydroxyl groups excluding tert-OH is 1. The fraction of sp³-hybridized carbons (Fsp3) is 0.474. The van der Waals surface area contributed by atoms with Gasteiger partial charge in [0.25, 0.3) is 11.8 Å². The van der Waals surface area contributed by atoms with Crippen molar-refractivity contribution in [3.05, 3.63) is 35.9 Å². The molecule has 1 saturated heterocycles. The third-order valence-corrected chi connectivity index (χ3v) is 3.86. The maximum Gasteiger partial charge on any atom is 0.408 e. The van der Waals surface area contributed by atoms with E-state index in [9.17, 15) is 24.3 Å². The van der Waals surface area contributed by atoms with Crippen molar-refractivity contribution in [1.29, 1.82) is 0 Å². The van der Waals surface area contributed by atoms with Crippen molar-refractivity contribution in [2.45, 2.75) is 45.3 Å². The highest BCUT2D eigenvalue weighted by molar-refractivity contribution is 6.03. The van der Waals surface area contributed by atoms with Gasteiger partial charge in [0.1, 0.15) is 5.60 Å². The van der Waals surface area contributed by atoms with Crippen LogP contribution in [0.25, 0.3) is 0 Å². The van der Waals surface area contributed by atoms with Crippen LogP contribution in [0.2, 0.25) is 0 Å². The molecule has 0 aliphatic carbocycles. The summed E-state index contributed by atoms with van der Waals surface area (Å²) in [5, 5.41) is 11.9. The summed E-state index contributed by atoms with van der Waals surface area (Å²) in [5.74, 6) is -3.09. The molecule has 1 heterocycles. The van der Waals surface area contributed by atoms with Gasteiger partial charge in [-0.25, -0.2) is 9.59 Å². The van der Waals surface area contributed by atoms with E-state index >= 15 is 0 Å². The second-order valence-corrected chi connectivity index (χ2v) is 7.41. The maximum atomic E-state index is 12.4. The largest absolute Gasteiger partial charge is 0.444 e. The lowest BCUT2D eigenvalue weighted by Crippen LogP contribution is -2.48. The number of hydrogen-bond acceptors (Lipinski definition) is 7. The second kappa shape index (κ2) is 8.83. The van der Waals surface area contributed by atoms with Gasteiger partial charge in [-0.15, -0.1) is 5.06 Å². The van der Waals surface area contributed by atoms with Gasteiger partial charge in [-0.1, -0.05) is 30.3 Å². The molecule has 2 N–H and O–H groups in total. The Morgan fingerprint density at radius 1 is 1.25 bits per heavy atom. The molecule has 1 aliphatic rings. The van der Waals surface area contributed by atoms with Crippen LogP contribution in [0.3, 0.4) is 0 Å². The van der Waals surface area contributed by atoms with Crippen LogP contribution in [0.5, 0.6) is 0 Å². The number of carbonyl (C=O) groups excluding carboxylic acids is 4. The topological polar surface area (TPSA) is 122 Å². The highest BCUT2D eigenvalue weighted by Crippen LogP contribution is 2.24. The van der Waals surface area contributed by atoms with E-state index in [0.717, 1.165) is 5.56 Å². The lowest BCUT2D eigenvalue weighted by molar-refractivity contribution is -0.200. The van der Waals surface area contributed by atoms with Crippen LogP contribution in [-0.2, 0) is 30.4 Å². The van der Waals surface area contributed by atoms with E-state index in [2.05, 4.69) is 5.32 Å². The Hall–Kier alpha value is -2.94. The number of aliphatic hydroxyl groups is 1. The van der Waals surface area contributed by atoms with Crippen molar-refractivity contribution in [3.8, 4) is 0 Å². The number of benzene rings is 1. The van der Waals surface area contributed by atoms with Crippen molar-refractivity contribution in [3.63, 3.8) is 0 Å². The summed E-state index contributed by atoms with van der Waals surface area (Å²) < 4.78 is 5.00. The predicted molar refractivity (Wildman–Crippen MR) is 96.4 cm³/mol. The normalized spacial score (nSPS) is 18.0. The van der Waals surface area contributed by atoms with Crippen LogP contribution in [0, 0.1) is 5.92 Å². The molecule has 28 heavy (non-hydrogen) atoms. The van der Waals surface area contributed by atoms with Crippen LogP contribution >= 0.6 is 0 Å². The van der Waals surface area contributed by atoms with Crippen LogP contribution < -0.4 is 5.32 Å². The van der Waals surface area contributed by atoms with Gasteiger partial charge in [0.2, 0.25) is 0 Å². The molecule has 152 valence electrons. The van der Waals surface area contributed by atoms with E-state index in [0.29, 0.717) is 11.5 Å². The number of hydrogen-bond donors (Lipinski definition) is 2. The Morgan fingerprint density at radius 3 is 2.46 bits per heavy atom. The van der Waals surface area contributed by atoms with Gasteiger partial charge >= 0.3 is 12.1 Å². The molecule has 2 rings (SSSR count). The molecule has 1 fully saturated rings. The Balaban J connectivity index is 1.97. The standard InChI is InChI=1S/C19H24N2O7/c1-19(2,3)27-18(26)20-14(11-22)17(25)28-21-15(23)10-13(16(21)24)9-12-7-5-4-6-8-12/h4-8,13-14,22H,9-11H2,1-3H3,(H,20,26)/t13?,14-/m0/s1. The van der Waals surface area contributed by atoms with Gasteiger partial charge in [-0.3, -0.25) is 9.59 Å². The van der Waals surface area contributed by atoms with Crippen molar-refractivity contribution < 1.29 is 33.9 Å². The fourth-order valence-electron chi connectivity index (χ4n) is 2.61. The molecule has 1 aromatic rings. The number of amides is 3. The molecule has 2 atom stereocenters. The molecule has 9 nitrogen and oxygen atoms in total.